The molecule has 4 nitrogen and oxygen atoms in total. The lowest BCUT2D eigenvalue weighted by Crippen LogP contribution is -2.23. The van der Waals surface area contributed by atoms with Crippen molar-refractivity contribution in [3.05, 3.63) is 17.5 Å². The summed E-state index contributed by atoms with van der Waals surface area (Å²) in [6.07, 6.45) is 9.66. The fraction of sp³-hybridized carbons (Fsp3) is 0.583. The molecule has 0 atom stereocenters. The van der Waals surface area contributed by atoms with Crippen LogP contribution < -0.4 is 5.32 Å². The van der Waals surface area contributed by atoms with Gasteiger partial charge in [-0.1, -0.05) is 37.3 Å². The molecule has 92 valence electrons. The second-order valence-corrected chi connectivity index (χ2v) is 4.79. The second kappa shape index (κ2) is 5.96. The molecule has 1 aromatic heterocycles. The maximum atomic E-state index is 12.0. The van der Waals surface area contributed by atoms with E-state index in [1.807, 2.05) is 0 Å². The molecule has 0 spiro atoms. The number of nitrogens with one attached hydrogen (secondary N) is 1. The van der Waals surface area contributed by atoms with Gasteiger partial charge in [0.2, 0.25) is 5.91 Å². The molecule has 1 aliphatic rings. The van der Waals surface area contributed by atoms with Crippen LogP contribution in [0.1, 0.15) is 38.5 Å². The van der Waals surface area contributed by atoms with Crippen molar-refractivity contribution in [1.82, 2.24) is 9.97 Å². The van der Waals surface area contributed by atoms with E-state index in [0.717, 1.165) is 25.7 Å². The lowest BCUT2D eigenvalue weighted by Gasteiger charge is -2.13. The van der Waals surface area contributed by atoms with Gasteiger partial charge in [0.15, 0.2) is 5.82 Å². The number of halogens is 1. The van der Waals surface area contributed by atoms with Crippen LogP contribution in [0.5, 0.6) is 0 Å². The highest BCUT2D eigenvalue weighted by Crippen LogP contribution is 2.23. The number of rotatable bonds is 2. The minimum absolute atomic E-state index is 0.0449. The summed E-state index contributed by atoms with van der Waals surface area (Å²) in [5.74, 6) is 0.591. The van der Waals surface area contributed by atoms with Crippen LogP contribution in [-0.2, 0) is 4.79 Å². The van der Waals surface area contributed by atoms with Gasteiger partial charge in [0.05, 0.1) is 12.4 Å². The molecule has 1 heterocycles. The Bertz CT molecular complexity index is 389. The van der Waals surface area contributed by atoms with E-state index in [1.165, 1.54) is 25.2 Å². The summed E-state index contributed by atoms with van der Waals surface area (Å²) in [5.41, 5.74) is 0. The topological polar surface area (TPSA) is 54.9 Å². The number of anilines is 1. The maximum absolute atomic E-state index is 12.0. The van der Waals surface area contributed by atoms with Gasteiger partial charge in [0.25, 0.3) is 0 Å². The molecule has 1 saturated carbocycles. The van der Waals surface area contributed by atoms with Crippen molar-refractivity contribution in [3.8, 4) is 0 Å². The molecule has 0 radical (unpaired) electrons. The minimum atomic E-state index is 0.0449. The van der Waals surface area contributed by atoms with Gasteiger partial charge in [0.1, 0.15) is 5.15 Å². The third-order valence-corrected chi connectivity index (χ3v) is 3.26. The molecule has 1 amide bonds. The zero-order chi connectivity index (χ0) is 12.1. The zero-order valence-corrected chi connectivity index (χ0v) is 10.4. The van der Waals surface area contributed by atoms with Crippen molar-refractivity contribution in [2.75, 3.05) is 5.32 Å². The Morgan fingerprint density at radius 2 is 1.94 bits per heavy atom. The molecule has 1 fully saturated rings. The molecule has 0 bridgehead atoms. The number of carbonyl (C=O) groups excluding carboxylic acids is 1. The van der Waals surface area contributed by atoms with E-state index < -0.39 is 0 Å². The summed E-state index contributed by atoms with van der Waals surface area (Å²) in [4.78, 5) is 19.9. The maximum Gasteiger partial charge on any atom is 0.228 e. The lowest BCUT2D eigenvalue weighted by molar-refractivity contribution is -0.120. The van der Waals surface area contributed by atoms with Crippen molar-refractivity contribution in [3.63, 3.8) is 0 Å². The molecule has 1 aromatic rings. The van der Waals surface area contributed by atoms with Crippen LogP contribution in [0.4, 0.5) is 5.82 Å². The minimum Gasteiger partial charge on any atom is -0.309 e. The van der Waals surface area contributed by atoms with Gasteiger partial charge in [-0.25, -0.2) is 4.98 Å². The van der Waals surface area contributed by atoms with Gasteiger partial charge < -0.3 is 5.32 Å². The first-order chi connectivity index (χ1) is 8.25. The summed E-state index contributed by atoms with van der Waals surface area (Å²) >= 11 is 5.72. The van der Waals surface area contributed by atoms with E-state index in [1.54, 1.807) is 0 Å². The molecule has 0 aromatic carbocycles. The van der Waals surface area contributed by atoms with Crippen LogP contribution in [0, 0.1) is 5.92 Å². The molecule has 0 saturated heterocycles. The number of hydrogen-bond acceptors (Lipinski definition) is 3. The fourth-order valence-electron chi connectivity index (χ4n) is 2.17. The van der Waals surface area contributed by atoms with Crippen LogP contribution in [0.3, 0.4) is 0 Å². The molecule has 0 aliphatic heterocycles. The summed E-state index contributed by atoms with van der Waals surface area (Å²) < 4.78 is 0. The van der Waals surface area contributed by atoms with Crippen LogP contribution in [0.2, 0.25) is 5.15 Å². The zero-order valence-electron chi connectivity index (χ0n) is 9.66. The van der Waals surface area contributed by atoms with Crippen LogP contribution >= 0.6 is 11.6 Å². The van der Waals surface area contributed by atoms with E-state index in [2.05, 4.69) is 15.3 Å². The van der Waals surface area contributed by atoms with E-state index in [-0.39, 0.29) is 11.8 Å². The quantitative estimate of drug-likeness (QED) is 0.825. The SMILES string of the molecule is O=C(Nc1cncc(Cl)n1)C1CCCCCC1. The van der Waals surface area contributed by atoms with Crippen LogP contribution in [0.15, 0.2) is 12.4 Å². The molecule has 17 heavy (non-hydrogen) atoms. The van der Waals surface area contributed by atoms with Gasteiger partial charge in [-0.15, -0.1) is 0 Å². The Morgan fingerprint density at radius 1 is 1.24 bits per heavy atom. The average molecular weight is 254 g/mol. The number of hydrogen-bond donors (Lipinski definition) is 1. The summed E-state index contributed by atoms with van der Waals surface area (Å²) in [5, 5.41) is 3.08. The molecule has 5 heteroatoms. The van der Waals surface area contributed by atoms with E-state index in [0.29, 0.717) is 11.0 Å². The Labute approximate surface area is 106 Å². The van der Waals surface area contributed by atoms with Gasteiger partial charge >= 0.3 is 0 Å². The second-order valence-electron chi connectivity index (χ2n) is 4.40. The molecule has 1 aliphatic carbocycles. The molecular formula is C12H16ClN3O. The van der Waals surface area contributed by atoms with E-state index in [4.69, 9.17) is 11.6 Å². The van der Waals surface area contributed by atoms with Gasteiger partial charge in [-0.3, -0.25) is 9.78 Å². The smallest absolute Gasteiger partial charge is 0.228 e. The highest BCUT2D eigenvalue weighted by Gasteiger charge is 2.20. The van der Waals surface area contributed by atoms with Crippen molar-refractivity contribution in [1.29, 1.82) is 0 Å². The van der Waals surface area contributed by atoms with Crippen LogP contribution in [0.25, 0.3) is 0 Å². The molecule has 0 unspecified atom stereocenters. The average Bonchev–Trinajstić information content (AvgIpc) is 2.57. The van der Waals surface area contributed by atoms with Gasteiger partial charge in [0, 0.05) is 5.92 Å². The van der Waals surface area contributed by atoms with Crippen LogP contribution in [-0.4, -0.2) is 15.9 Å². The highest BCUT2D eigenvalue weighted by molar-refractivity contribution is 6.29. The first kappa shape index (κ1) is 12.3. The monoisotopic (exact) mass is 253 g/mol. The fourth-order valence-corrected chi connectivity index (χ4v) is 2.32. The van der Waals surface area contributed by atoms with Crippen molar-refractivity contribution < 1.29 is 4.79 Å². The highest BCUT2D eigenvalue weighted by atomic mass is 35.5. The third kappa shape index (κ3) is 3.66. The van der Waals surface area contributed by atoms with Crippen molar-refractivity contribution in [2.45, 2.75) is 38.5 Å². The first-order valence-corrected chi connectivity index (χ1v) is 6.42. The number of amides is 1. The van der Waals surface area contributed by atoms with Crippen molar-refractivity contribution in [2.24, 2.45) is 5.92 Å². The third-order valence-electron chi connectivity index (χ3n) is 3.08. The lowest BCUT2D eigenvalue weighted by atomic mass is 10.00. The Morgan fingerprint density at radius 3 is 2.59 bits per heavy atom. The number of nitrogens with zero attached hydrogens (tertiary/aromatic N) is 2. The predicted octanol–water partition coefficient (Wildman–Crippen LogP) is 3.04. The van der Waals surface area contributed by atoms with E-state index >= 15 is 0 Å². The normalized spacial score (nSPS) is 17.5. The van der Waals surface area contributed by atoms with E-state index in [9.17, 15) is 4.79 Å². The van der Waals surface area contributed by atoms with Gasteiger partial charge in [-0.2, -0.15) is 0 Å². The Balaban J connectivity index is 1.95. The molecule has 1 N–H and O–H groups in total. The van der Waals surface area contributed by atoms with Crippen molar-refractivity contribution >= 4 is 23.3 Å². The first-order valence-electron chi connectivity index (χ1n) is 6.04. The number of carbonyl (C=O) groups is 1. The summed E-state index contributed by atoms with van der Waals surface area (Å²) in [7, 11) is 0. The standard InChI is InChI=1S/C12H16ClN3O/c13-10-7-14-8-11(15-10)16-12(17)9-5-3-1-2-4-6-9/h7-9H,1-6H2,(H,15,16,17). The predicted molar refractivity (Wildman–Crippen MR) is 66.9 cm³/mol. The summed E-state index contributed by atoms with van der Waals surface area (Å²) in [6.45, 7) is 0. The van der Waals surface area contributed by atoms with Gasteiger partial charge in [-0.05, 0) is 12.8 Å². The summed E-state index contributed by atoms with van der Waals surface area (Å²) in [6, 6.07) is 0. The molecular weight excluding hydrogens is 238 g/mol. The Kier molecular flexibility index (Phi) is 4.31. The molecule has 2 rings (SSSR count). The Hall–Kier alpha value is -1.16. The largest absolute Gasteiger partial charge is 0.309 e. The number of aromatic nitrogens is 2.